The molecule has 6 rings (SSSR count). The summed E-state index contributed by atoms with van der Waals surface area (Å²) in [5.41, 5.74) is 0. The predicted octanol–water partition coefficient (Wildman–Crippen LogP) is 8.82. The third kappa shape index (κ3) is 13.3. The summed E-state index contributed by atoms with van der Waals surface area (Å²) in [6.07, 6.45) is 33.2. The summed E-state index contributed by atoms with van der Waals surface area (Å²) in [6.45, 7) is 5.46. The fourth-order valence-corrected chi connectivity index (χ4v) is 9.18. The molecule has 2 aliphatic heterocycles. The minimum Gasteiger partial charge on any atom is -0.378 e. The molecule has 4 saturated carbocycles. The molecule has 6 heteroatoms. The number of hydrogen-bond acceptors (Lipinski definition) is 6. The number of rotatable bonds is 20. The molecule has 260 valence electrons. The van der Waals surface area contributed by atoms with Gasteiger partial charge in [-0.2, -0.15) is 0 Å². The Kier molecular flexibility index (Phi) is 14.7. The van der Waals surface area contributed by atoms with Gasteiger partial charge >= 0.3 is 0 Å². The highest BCUT2D eigenvalue weighted by Gasteiger charge is 2.30. The highest BCUT2D eigenvalue weighted by molar-refractivity contribution is 4.81. The first kappa shape index (κ1) is 34.6. The van der Waals surface area contributed by atoms with Gasteiger partial charge in [0.25, 0.3) is 0 Å². The molecule has 6 nitrogen and oxygen atoms in total. The fraction of sp³-hybridized carbons (Fsp3) is 1.00. The molecule has 4 aliphatic carbocycles. The lowest BCUT2D eigenvalue weighted by Crippen LogP contribution is -2.27. The van der Waals surface area contributed by atoms with Gasteiger partial charge in [-0.05, 0) is 159 Å². The van der Waals surface area contributed by atoms with Gasteiger partial charge in [-0.15, -0.1) is 0 Å². The van der Waals surface area contributed by atoms with Gasteiger partial charge in [0.1, 0.15) is 6.10 Å². The van der Waals surface area contributed by atoms with Gasteiger partial charge in [0, 0.05) is 19.8 Å². The van der Waals surface area contributed by atoms with Crippen LogP contribution in [0.2, 0.25) is 0 Å². The van der Waals surface area contributed by atoms with E-state index < -0.39 is 0 Å². The van der Waals surface area contributed by atoms with Crippen LogP contribution in [0.1, 0.15) is 148 Å². The van der Waals surface area contributed by atoms with Crippen molar-refractivity contribution in [3.63, 3.8) is 0 Å². The summed E-state index contributed by atoms with van der Waals surface area (Å²) in [5, 5.41) is 0. The Morgan fingerprint density at radius 1 is 0.378 bits per heavy atom. The molecule has 0 aromatic heterocycles. The molecule has 6 fully saturated rings. The lowest BCUT2D eigenvalue weighted by molar-refractivity contribution is -0.0211. The van der Waals surface area contributed by atoms with Crippen molar-refractivity contribution in [2.24, 2.45) is 23.7 Å². The second-order valence-electron chi connectivity index (χ2n) is 16.1. The lowest BCUT2D eigenvalue weighted by atomic mass is 9.76. The van der Waals surface area contributed by atoms with E-state index in [0.29, 0.717) is 36.6 Å². The molecule has 2 saturated heterocycles. The van der Waals surface area contributed by atoms with Crippen molar-refractivity contribution in [3.05, 3.63) is 0 Å². The molecule has 0 bridgehead atoms. The van der Waals surface area contributed by atoms with Crippen LogP contribution in [0, 0.1) is 23.7 Å². The molecule has 2 unspecified atom stereocenters. The molecule has 0 aromatic rings. The van der Waals surface area contributed by atoms with E-state index in [2.05, 4.69) is 0 Å². The van der Waals surface area contributed by atoms with E-state index in [1.54, 1.807) is 0 Å². The summed E-state index contributed by atoms with van der Waals surface area (Å²) in [5.74, 6) is 3.71. The average Bonchev–Trinajstić information content (AvgIpc) is 4.01. The van der Waals surface area contributed by atoms with E-state index in [9.17, 15) is 0 Å². The van der Waals surface area contributed by atoms with Crippen molar-refractivity contribution >= 4 is 0 Å². The Balaban J connectivity index is 0.710. The van der Waals surface area contributed by atoms with Gasteiger partial charge in [-0.25, -0.2) is 0 Å². The first-order valence-corrected chi connectivity index (χ1v) is 19.9. The normalized spacial score (nSPS) is 38.7. The first-order chi connectivity index (χ1) is 22.2. The lowest BCUT2D eigenvalue weighted by Gasteiger charge is -2.34. The van der Waals surface area contributed by atoms with Crippen LogP contribution in [0.25, 0.3) is 0 Å². The van der Waals surface area contributed by atoms with Crippen LogP contribution in [-0.4, -0.2) is 76.3 Å². The van der Waals surface area contributed by atoms with Gasteiger partial charge in [0.15, 0.2) is 0 Å². The van der Waals surface area contributed by atoms with Crippen LogP contribution >= 0.6 is 0 Å². The largest absolute Gasteiger partial charge is 0.378 e. The van der Waals surface area contributed by atoms with Crippen LogP contribution in [0.4, 0.5) is 0 Å². The van der Waals surface area contributed by atoms with E-state index in [1.807, 2.05) is 0 Å². The molecule has 0 radical (unpaired) electrons. The van der Waals surface area contributed by atoms with Crippen molar-refractivity contribution in [3.8, 4) is 0 Å². The maximum atomic E-state index is 6.32. The van der Waals surface area contributed by atoms with Gasteiger partial charge in [0.2, 0.25) is 0 Å². The van der Waals surface area contributed by atoms with Crippen LogP contribution in [0.3, 0.4) is 0 Å². The average molecular weight is 633 g/mol. The van der Waals surface area contributed by atoms with Crippen molar-refractivity contribution in [2.75, 3.05) is 39.6 Å². The highest BCUT2D eigenvalue weighted by Crippen LogP contribution is 2.38. The molecule has 45 heavy (non-hydrogen) atoms. The summed E-state index contributed by atoms with van der Waals surface area (Å²) in [7, 11) is 0. The van der Waals surface area contributed by atoms with E-state index in [1.165, 1.54) is 141 Å². The Morgan fingerprint density at radius 2 is 0.756 bits per heavy atom. The molecule has 0 amide bonds. The predicted molar refractivity (Wildman–Crippen MR) is 179 cm³/mol. The smallest absolute Gasteiger partial charge is 0.104 e. The summed E-state index contributed by atoms with van der Waals surface area (Å²) in [4.78, 5) is 0. The van der Waals surface area contributed by atoms with Crippen molar-refractivity contribution in [2.45, 2.75) is 184 Å². The van der Waals surface area contributed by atoms with Gasteiger partial charge in [0.05, 0.1) is 50.3 Å². The highest BCUT2D eigenvalue weighted by atomic mass is 16.6. The van der Waals surface area contributed by atoms with E-state index in [4.69, 9.17) is 28.4 Å². The molecule has 0 N–H and O–H groups in total. The zero-order valence-corrected chi connectivity index (χ0v) is 28.7. The molecular formula is C39H68O6. The SMILES string of the molecule is C(CCOC1CCC(CC2CCC(OCCCOC3CCC(CC4CCC(OCC5CO5)CC4)CC3)CC2)CC1)CCC1CO1. The molecule has 0 aromatic carbocycles. The quantitative estimate of drug-likeness (QED) is 0.0987. The maximum Gasteiger partial charge on any atom is 0.104 e. The summed E-state index contributed by atoms with van der Waals surface area (Å²) < 4.78 is 35.5. The van der Waals surface area contributed by atoms with Crippen LogP contribution in [0.15, 0.2) is 0 Å². The molecule has 2 heterocycles. The second-order valence-corrected chi connectivity index (χ2v) is 16.1. The monoisotopic (exact) mass is 633 g/mol. The number of ether oxygens (including phenoxy) is 6. The zero-order valence-electron chi connectivity index (χ0n) is 28.7. The molecule has 2 atom stereocenters. The zero-order chi connectivity index (χ0) is 30.5. The number of unbranched alkanes of at least 4 members (excludes halogenated alkanes) is 2. The second kappa shape index (κ2) is 19.1. The third-order valence-corrected chi connectivity index (χ3v) is 12.4. The summed E-state index contributed by atoms with van der Waals surface area (Å²) >= 11 is 0. The van der Waals surface area contributed by atoms with Crippen LogP contribution in [0.5, 0.6) is 0 Å². The molecular weight excluding hydrogens is 564 g/mol. The van der Waals surface area contributed by atoms with E-state index in [-0.39, 0.29) is 0 Å². The Hall–Kier alpha value is -0.240. The Labute approximate surface area is 275 Å². The fourth-order valence-electron chi connectivity index (χ4n) is 9.18. The third-order valence-electron chi connectivity index (χ3n) is 12.4. The molecule has 6 aliphatic rings. The van der Waals surface area contributed by atoms with Crippen LogP contribution < -0.4 is 0 Å². The number of hydrogen-bond donors (Lipinski definition) is 0. The number of epoxide rings is 2. The van der Waals surface area contributed by atoms with Crippen LogP contribution in [-0.2, 0) is 28.4 Å². The van der Waals surface area contributed by atoms with Gasteiger partial charge in [-0.1, -0.05) is 12.8 Å². The van der Waals surface area contributed by atoms with Gasteiger partial charge < -0.3 is 28.4 Å². The van der Waals surface area contributed by atoms with Crippen molar-refractivity contribution in [1.29, 1.82) is 0 Å². The van der Waals surface area contributed by atoms with Crippen molar-refractivity contribution in [1.82, 2.24) is 0 Å². The van der Waals surface area contributed by atoms with E-state index in [0.717, 1.165) is 69.7 Å². The Morgan fingerprint density at radius 3 is 1.16 bits per heavy atom. The minimum atomic E-state index is 0.405. The van der Waals surface area contributed by atoms with Crippen molar-refractivity contribution < 1.29 is 28.4 Å². The Bertz CT molecular complexity index is 768. The van der Waals surface area contributed by atoms with E-state index >= 15 is 0 Å². The minimum absolute atomic E-state index is 0.405. The summed E-state index contributed by atoms with van der Waals surface area (Å²) in [6, 6.07) is 0. The molecule has 0 spiro atoms. The standard InChI is InChI=1S/C39H68O6/c1(2-5-38-27-44-38)3-22-40-34-14-6-30(7-15-34)25-31-8-16-35(17-9-31)41-23-4-24-42-36-18-10-32(11-19-36)26-33-12-20-37(21-13-33)43-28-39-29-45-39/h30-39H,1-29H2. The maximum absolute atomic E-state index is 6.32. The topological polar surface area (TPSA) is 62.0 Å². The van der Waals surface area contributed by atoms with Gasteiger partial charge in [-0.3, -0.25) is 0 Å². The first-order valence-electron chi connectivity index (χ1n) is 19.9.